The van der Waals surface area contributed by atoms with Crippen LogP contribution in [0.5, 0.6) is 0 Å². The fourth-order valence-corrected chi connectivity index (χ4v) is 3.20. The van der Waals surface area contributed by atoms with Gasteiger partial charge in [0.1, 0.15) is 17.8 Å². The highest BCUT2D eigenvalue weighted by Crippen LogP contribution is 2.31. The first kappa shape index (κ1) is 20.1. The van der Waals surface area contributed by atoms with Crippen LogP contribution in [-0.4, -0.2) is 35.8 Å². The van der Waals surface area contributed by atoms with E-state index in [2.05, 4.69) is 35.2 Å². The van der Waals surface area contributed by atoms with Crippen LogP contribution in [0.25, 0.3) is 33.7 Å². The third-order valence-corrected chi connectivity index (χ3v) is 4.73. The molecule has 5 rings (SSSR count). The van der Waals surface area contributed by atoms with E-state index in [1.54, 1.807) is 6.20 Å². The number of anilines is 1. The normalized spacial score (nSPS) is 10.9. The Hall–Kier alpha value is -4.80. The number of carbonyl (C=O) groups excluding carboxylic acids is 1. The Kier molecular flexibility index (Phi) is 5.11. The van der Waals surface area contributed by atoms with Crippen LogP contribution < -0.4 is 11.1 Å². The van der Waals surface area contributed by atoms with E-state index in [4.69, 9.17) is 10.2 Å². The summed E-state index contributed by atoms with van der Waals surface area (Å²) >= 11 is 0. The molecule has 33 heavy (non-hydrogen) atoms. The third kappa shape index (κ3) is 4.06. The van der Waals surface area contributed by atoms with E-state index in [1.807, 2.05) is 30.3 Å². The summed E-state index contributed by atoms with van der Waals surface area (Å²) in [7, 11) is 0. The van der Waals surface area contributed by atoms with Crippen molar-refractivity contribution in [2.24, 2.45) is 0 Å². The van der Waals surface area contributed by atoms with Gasteiger partial charge in [0.25, 0.3) is 5.91 Å². The smallest absolute Gasteiger partial charge is 0.274 e. The Labute approximate surface area is 185 Å². The van der Waals surface area contributed by atoms with E-state index < -0.39 is 11.7 Å². The molecule has 1 aromatic carbocycles. The summed E-state index contributed by atoms with van der Waals surface area (Å²) < 4.78 is 18.4. The molecule has 0 aliphatic heterocycles. The lowest BCUT2D eigenvalue weighted by Gasteiger charge is -2.12. The molecule has 0 saturated heterocycles. The molecule has 162 valence electrons. The summed E-state index contributed by atoms with van der Waals surface area (Å²) in [6.45, 7) is -0.0430. The number of nitrogens with two attached hydrogens (primary N) is 1. The second kappa shape index (κ2) is 8.38. The van der Waals surface area contributed by atoms with Gasteiger partial charge in [0.15, 0.2) is 23.0 Å². The van der Waals surface area contributed by atoms with Crippen molar-refractivity contribution < 1.29 is 13.6 Å². The van der Waals surface area contributed by atoms with Crippen molar-refractivity contribution in [1.82, 2.24) is 35.2 Å². The molecule has 4 heterocycles. The maximum atomic E-state index is 13.0. The summed E-state index contributed by atoms with van der Waals surface area (Å²) in [6, 6.07) is 9.27. The largest absolute Gasteiger partial charge is 0.443 e. The number of hydrogen-bond acceptors (Lipinski definition) is 9. The second-order valence-corrected chi connectivity index (χ2v) is 6.90. The molecule has 0 radical (unpaired) electrons. The highest BCUT2D eigenvalue weighted by molar-refractivity contribution is 5.98. The SMILES string of the molecule is Nc1nc(-c2ncco2)c(-c2ccc3ncccc3c2)nc1C(=O)NCc1ncc(F)cn1. The van der Waals surface area contributed by atoms with Gasteiger partial charge in [-0.25, -0.2) is 29.3 Å². The lowest BCUT2D eigenvalue weighted by Crippen LogP contribution is -2.26. The van der Waals surface area contributed by atoms with Crippen LogP contribution in [0.3, 0.4) is 0 Å². The Morgan fingerprint density at radius 1 is 1.03 bits per heavy atom. The molecule has 11 heteroatoms. The van der Waals surface area contributed by atoms with Gasteiger partial charge in [-0.15, -0.1) is 0 Å². The number of amides is 1. The fourth-order valence-electron chi connectivity index (χ4n) is 3.20. The summed E-state index contributed by atoms with van der Waals surface area (Å²) in [5.74, 6) is -0.822. The number of nitrogens with one attached hydrogen (secondary N) is 1. The Morgan fingerprint density at radius 2 is 1.88 bits per heavy atom. The third-order valence-electron chi connectivity index (χ3n) is 4.73. The van der Waals surface area contributed by atoms with Crippen molar-refractivity contribution in [1.29, 1.82) is 0 Å². The number of rotatable bonds is 5. The average molecular weight is 442 g/mol. The first-order valence-electron chi connectivity index (χ1n) is 9.75. The monoisotopic (exact) mass is 442 g/mol. The van der Waals surface area contributed by atoms with Gasteiger partial charge in [0.05, 0.1) is 30.7 Å². The maximum absolute atomic E-state index is 13.0. The van der Waals surface area contributed by atoms with Crippen LogP contribution in [0, 0.1) is 5.82 Å². The molecule has 1 amide bonds. The van der Waals surface area contributed by atoms with Crippen molar-refractivity contribution in [2.45, 2.75) is 6.54 Å². The van der Waals surface area contributed by atoms with Crippen molar-refractivity contribution in [3.8, 4) is 22.8 Å². The number of pyridine rings is 1. The van der Waals surface area contributed by atoms with Crippen LogP contribution in [0.1, 0.15) is 16.3 Å². The molecule has 0 unspecified atom stereocenters. The molecule has 10 nitrogen and oxygen atoms in total. The number of nitrogen functional groups attached to an aromatic ring is 1. The number of nitrogens with zero attached hydrogens (tertiary/aromatic N) is 6. The fraction of sp³-hybridized carbons (Fsp3) is 0.0455. The van der Waals surface area contributed by atoms with Gasteiger partial charge in [-0.05, 0) is 18.2 Å². The standard InChI is InChI=1S/C22H15FN8O2/c23-14-9-27-16(28-10-14)11-29-21(32)19-20(24)31-18(22-26-6-7-33-22)17(30-19)13-3-4-15-12(8-13)2-1-5-25-15/h1-10H,11H2,(H2,24,31)(H,29,32). The summed E-state index contributed by atoms with van der Waals surface area (Å²) in [5.41, 5.74) is 8.10. The topological polar surface area (TPSA) is 146 Å². The molecule has 0 bridgehead atoms. The molecule has 0 fully saturated rings. The first-order chi connectivity index (χ1) is 16.1. The second-order valence-electron chi connectivity index (χ2n) is 6.90. The minimum Gasteiger partial charge on any atom is -0.443 e. The summed E-state index contributed by atoms with van der Waals surface area (Å²) in [5, 5.41) is 3.50. The van der Waals surface area contributed by atoms with Crippen LogP contribution in [0.2, 0.25) is 0 Å². The van der Waals surface area contributed by atoms with Crippen molar-refractivity contribution >= 4 is 22.6 Å². The van der Waals surface area contributed by atoms with Crippen LogP contribution >= 0.6 is 0 Å². The van der Waals surface area contributed by atoms with E-state index in [0.717, 1.165) is 23.3 Å². The molecule has 0 aliphatic carbocycles. The molecule has 0 saturated carbocycles. The predicted molar refractivity (Wildman–Crippen MR) is 116 cm³/mol. The number of carbonyl (C=O) groups is 1. The van der Waals surface area contributed by atoms with Crippen molar-refractivity contribution in [3.05, 3.63) is 78.7 Å². The maximum Gasteiger partial charge on any atom is 0.274 e. The van der Waals surface area contributed by atoms with Gasteiger partial charge < -0.3 is 15.5 Å². The van der Waals surface area contributed by atoms with E-state index in [9.17, 15) is 9.18 Å². The zero-order valence-corrected chi connectivity index (χ0v) is 16.9. The van der Waals surface area contributed by atoms with Crippen molar-refractivity contribution in [2.75, 3.05) is 5.73 Å². The highest BCUT2D eigenvalue weighted by Gasteiger charge is 2.22. The van der Waals surface area contributed by atoms with Crippen molar-refractivity contribution in [3.63, 3.8) is 0 Å². The van der Waals surface area contributed by atoms with Gasteiger partial charge >= 0.3 is 0 Å². The van der Waals surface area contributed by atoms with Crippen LogP contribution in [0.4, 0.5) is 10.2 Å². The van der Waals surface area contributed by atoms with E-state index >= 15 is 0 Å². The van der Waals surface area contributed by atoms with Crippen LogP contribution in [-0.2, 0) is 6.54 Å². The molecule has 3 N–H and O–H groups in total. The van der Waals surface area contributed by atoms with Gasteiger partial charge in [0, 0.05) is 17.1 Å². The van der Waals surface area contributed by atoms with Crippen LogP contribution in [0.15, 0.2) is 65.8 Å². The first-order valence-corrected chi connectivity index (χ1v) is 9.75. The molecule has 5 aromatic rings. The summed E-state index contributed by atoms with van der Waals surface area (Å²) in [4.78, 5) is 37.8. The number of fused-ring (bicyclic) bond motifs is 1. The quantitative estimate of drug-likeness (QED) is 0.419. The molecule has 0 aliphatic rings. The molecular formula is C22H15FN8O2. The number of benzene rings is 1. The number of halogens is 1. The number of aromatic nitrogens is 6. The zero-order chi connectivity index (χ0) is 22.8. The Balaban J connectivity index is 1.55. The van der Waals surface area contributed by atoms with E-state index in [0.29, 0.717) is 17.0 Å². The molecule has 4 aromatic heterocycles. The van der Waals surface area contributed by atoms with E-state index in [1.165, 1.54) is 12.5 Å². The molecule has 0 spiro atoms. The van der Waals surface area contributed by atoms with Gasteiger partial charge in [-0.1, -0.05) is 12.1 Å². The van der Waals surface area contributed by atoms with Gasteiger partial charge in [-0.3, -0.25) is 9.78 Å². The number of hydrogen-bond donors (Lipinski definition) is 2. The number of oxazole rings is 1. The lowest BCUT2D eigenvalue weighted by molar-refractivity contribution is 0.0945. The molecular weight excluding hydrogens is 427 g/mol. The van der Waals surface area contributed by atoms with E-state index in [-0.39, 0.29) is 29.8 Å². The predicted octanol–water partition coefficient (Wildman–Crippen LogP) is 2.79. The average Bonchev–Trinajstić information content (AvgIpc) is 3.38. The minimum absolute atomic E-state index is 0.0430. The lowest BCUT2D eigenvalue weighted by atomic mass is 10.1. The zero-order valence-electron chi connectivity index (χ0n) is 16.9. The Morgan fingerprint density at radius 3 is 2.67 bits per heavy atom. The highest BCUT2D eigenvalue weighted by atomic mass is 19.1. The summed E-state index contributed by atoms with van der Waals surface area (Å²) in [6.07, 6.45) is 6.62. The Bertz CT molecular complexity index is 1460. The minimum atomic E-state index is -0.587. The van der Waals surface area contributed by atoms with Gasteiger partial charge in [-0.2, -0.15) is 0 Å². The van der Waals surface area contributed by atoms with Gasteiger partial charge in [0.2, 0.25) is 5.89 Å². The molecule has 0 atom stereocenters.